The van der Waals surface area contributed by atoms with Crippen LogP contribution in [0.2, 0.25) is 0 Å². The zero-order valence-electron chi connectivity index (χ0n) is 14.6. The molecule has 0 radical (unpaired) electrons. The van der Waals surface area contributed by atoms with Gasteiger partial charge in [0.2, 0.25) is 0 Å². The first-order valence-corrected chi connectivity index (χ1v) is 8.72. The standard InChI is InChI=1S/C19H25N3O2/c1-4-14(5-2)22-13(3)12-17(21-22)19(23)20-16-10-11-24-18-9-7-6-8-15(16)18/h6-9,12,14,16H,4-5,10-11H2,1-3H3,(H,20,23)/t16-/m1/s1. The molecule has 5 nitrogen and oxygen atoms in total. The molecular formula is C19H25N3O2. The molecule has 1 amide bonds. The molecule has 0 saturated carbocycles. The normalized spacial score (nSPS) is 16.6. The number of carbonyl (C=O) groups excluding carboxylic acids is 1. The summed E-state index contributed by atoms with van der Waals surface area (Å²) >= 11 is 0. The van der Waals surface area contributed by atoms with Crippen molar-refractivity contribution in [3.05, 3.63) is 47.3 Å². The highest BCUT2D eigenvalue weighted by Crippen LogP contribution is 2.31. The molecular weight excluding hydrogens is 302 g/mol. The van der Waals surface area contributed by atoms with Crippen LogP contribution in [0.15, 0.2) is 30.3 Å². The minimum atomic E-state index is -0.121. The lowest BCUT2D eigenvalue weighted by Gasteiger charge is -2.26. The maximum Gasteiger partial charge on any atom is 0.272 e. The van der Waals surface area contributed by atoms with Gasteiger partial charge in [-0.3, -0.25) is 9.48 Å². The van der Waals surface area contributed by atoms with E-state index in [1.165, 1.54) is 0 Å². The topological polar surface area (TPSA) is 56.2 Å². The summed E-state index contributed by atoms with van der Waals surface area (Å²) in [5, 5.41) is 7.66. The summed E-state index contributed by atoms with van der Waals surface area (Å²) in [7, 11) is 0. The second-order valence-electron chi connectivity index (χ2n) is 6.29. The molecule has 2 heterocycles. The number of hydrogen-bond acceptors (Lipinski definition) is 3. The first-order chi connectivity index (χ1) is 11.6. The van der Waals surface area contributed by atoms with Crippen LogP contribution in [-0.4, -0.2) is 22.3 Å². The third kappa shape index (κ3) is 3.16. The molecule has 1 aliphatic heterocycles. The molecule has 0 fully saturated rings. The van der Waals surface area contributed by atoms with E-state index in [0.717, 1.165) is 36.3 Å². The molecule has 128 valence electrons. The average molecular weight is 327 g/mol. The highest BCUT2D eigenvalue weighted by Gasteiger charge is 2.24. The minimum absolute atomic E-state index is 0.0268. The number of rotatable bonds is 5. The Labute approximate surface area is 143 Å². The molecule has 0 aliphatic carbocycles. The Bertz CT molecular complexity index is 719. The van der Waals surface area contributed by atoms with Crippen molar-refractivity contribution in [1.82, 2.24) is 15.1 Å². The smallest absolute Gasteiger partial charge is 0.272 e. The fraction of sp³-hybridized carbons (Fsp3) is 0.474. The summed E-state index contributed by atoms with van der Waals surface area (Å²) in [6.07, 6.45) is 2.79. The third-order valence-electron chi connectivity index (χ3n) is 4.71. The molecule has 0 bridgehead atoms. The molecule has 2 aromatic rings. The number of para-hydroxylation sites is 1. The van der Waals surface area contributed by atoms with Crippen molar-refractivity contribution in [2.24, 2.45) is 0 Å². The molecule has 3 rings (SSSR count). The van der Waals surface area contributed by atoms with E-state index in [0.29, 0.717) is 18.3 Å². The summed E-state index contributed by atoms with van der Waals surface area (Å²) in [4.78, 5) is 12.7. The highest BCUT2D eigenvalue weighted by molar-refractivity contribution is 5.92. The van der Waals surface area contributed by atoms with Crippen molar-refractivity contribution in [3.8, 4) is 5.75 Å². The molecule has 1 aliphatic rings. The molecule has 1 aromatic heterocycles. The molecule has 0 spiro atoms. The van der Waals surface area contributed by atoms with Gasteiger partial charge in [-0.1, -0.05) is 32.0 Å². The quantitative estimate of drug-likeness (QED) is 0.908. The third-order valence-corrected chi connectivity index (χ3v) is 4.71. The SMILES string of the molecule is CCC(CC)n1nc(C(=O)N[C@@H]2CCOc3ccccc32)cc1C. The summed E-state index contributed by atoms with van der Waals surface area (Å²) in [6.45, 7) is 6.91. The Morgan fingerprint density at radius 3 is 2.88 bits per heavy atom. The predicted octanol–water partition coefficient (Wildman–Crippen LogP) is 3.81. The van der Waals surface area contributed by atoms with Crippen molar-refractivity contribution >= 4 is 5.91 Å². The van der Waals surface area contributed by atoms with Crippen molar-refractivity contribution < 1.29 is 9.53 Å². The average Bonchev–Trinajstić information content (AvgIpc) is 2.98. The molecule has 1 N–H and O–H groups in total. The maximum absolute atomic E-state index is 12.7. The maximum atomic E-state index is 12.7. The van der Waals surface area contributed by atoms with Crippen LogP contribution in [0.4, 0.5) is 0 Å². The van der Waals surface area contributed by atoms with Crippen LogP contribution < -0.4 is 10.1 Å². The number of aryl methyl sites for hydroxylation is 1. The van der Waals surface area contributed by atoms with Crippen molar-refractivity contribution in [2.45, 2.75) is 52.1 Å². The molecule has 24 heavy (non-hydrogen) atoms. The Hall–Kier alpha value is -2.30. The summed E-state index contributed by atoms with van der Waals surface area (Å²) in [6, 6.07) is 10.1. The molecule has 5 heteroatoms. The van der Waals surface area contributed by atoms with Gasteiger partial charge in [0, 0.05) is 17.7 Å². The minimum Gasteiger partial charge on any atom is -0.493 e. The van der Waals surface area contributed by atoms with Gasteiger partial charge in [-0.05, 0) is 31.9 Å². The fourth-order valence-corrected chi connectivity index (χ4v) is 3.33. The lowest BCUT2D eigenvalue weighted by Crippen LogP contribution is -2.32. The number of nitrogens with one attached hydrogen (secondary N) is 1. The van der Waals surface area contributed by atoms with E-state index in [1.807, 2.05) is 41.9 Å². The zero-order valence-corrected chi connectivity index (χ0v) is 14.6. The van der Waals surface area contributed by atoms with Gasteiger partial charge in [-0.2, -0.15) is 5.10 Å². The molecule has 1 aromatic carbocycles. The van der Waals surface area contributed by atoms with Gasteiger partial charge >= 0.3 is 0 Å². The van der Waals surface area contributed by atoms with Gasteiger partial charge < -0.3 is 10.1 Å². The predicted molar refractivity (Wildman–Crippen MR) is 93.3 cm³/mol. The van der Waals surface area contributed by atoms with Gasteiger partial charge in [-0.15, -0.1) is 0 Å². The Morgan fingerprint density at radius 1 is 1.38 bits per heavy atom. The van der Waals surface area contributed by atoms with E-state index in [4.69, 9.17) is 4.74 Å². The summed E-state index contributed by atoms with van der Waals surface area (Å²) in [5.41, 5.74) is 2.55. The van der Waals surface area contributed by atoms with Crippen LogP contribution in [0.1, 0.15) is 66.9 Å². The van der Waals surface area contributed by atoms with Gasteiger partial charge in [-0.25, -0.2) is 0 Å². The Kier molecular flexibility index (Phi) is 4.88. The highest BCUT2D eigenvalue weighted by atomic mass is 16.5. The Morgan fingerprint density at radius 2 is 2.12 bits per heavy atom. The first-order valence-electron chi connectivity index (χ1n) is 8.72. The number of benzene rings is 1. The number of aromatic nitrogens is 2. The number of ether oxygens (including phenoxy) is 1. The van der Waals surface area contributed by atoms with Crippen LogP contribution in [0.25, 0.3) is 0 Å². The number of carbonyl (C=O) groups is 1. The number of fused-ring (bicyclic) bond motifs is 1. The van der Waals surface area contributed by atoms with Crippen LogP contribution in [-0.2, 0) is 0 Å². The van der Waals surface area contributed by atoms with Crippen molar-refractivity contribution in [1.29, 1.82) is 0 Å². The second kappa shape index (κ2) is 7.07. The monoisotopic (exact) mass is 327 g/mol. The number of hydrogen-bond donors (Lipinski definition) is 1. The molecule has 0 unspecified atom stereocenters. The second-order valence-corrected chi connectivity index (χ2v) is 6.29. The van der Waals surface area contributed by atoms with Gasteiger partial charge in [0.1, 0.15) is 11.4 Å². The fourth-order valence-electron chi connectivity index (χ4n) is 3.33. The van der Waals surface area contributed by atoms with Crippen LogP contribution in [0.3, 0.4) is 0 Å². The van der Waals surface area contributed by atoms with Crippen molar-refractivity contribution in [3.63, 3.8) is 0 Å². The molecule has 1 atom stereocenters. The van der Waals surface area contributed by atoms with E-state index >= 15 is 0 Å². The largest absolute Gasteiger partial charge is 0.493 e. The van der Waals surface area contributed by atoms with E-state index in [1.54, 1.807) is 0 Å². The van der Waals surface area contributed by atoms with E-state index in [9.17, 15) is 4.79 Å². The van der Waals surface area contributed by atoms with Crippen LogP contribution >= 0.6 is 0 Å². The molecule has 0 saturated heterocycles. The van der Waals surface area contributed by atoms with Crippen molar-refractivity contribution in [2.75, 3.05) is 6.61 Å². The van der Waals surface area contributed by atoms with E-state index in [2.05, 4.69) is 24.3 Å². The summed E-state index contributed by atoms with van der Waals surface area (Å²) in [5.74, 6) is 0.734. The number of amides is 1. The summed E-state index contributed by atoms with van der Waals surface area (Å²) < 4.78 is 7.63. The van der Waals surface area contributed by atoms with E-state index < -0.39 is 0 Å². The van der Waals surface area contributed by atoms with Gasteiger partial charge in [0.05, 0.1) is 18.7 Å². The Balaban J connectivity index is 1.78. The lowest BCUT2D eigenvalue weighted by molar-refractivity contribution is 0.0918. The van der Waals surface area contributed by atoms with Gasteiger partial charge in [0.15, 0.2) is 0 Å². The zero-order chi connectivity index (χ0) is 17.1. The number of nitrogens with zero attached hydrogens (tertiary/aromatic N) is 2. The van der Waals surface area contributed by atoms with Crippen LogP contribution in [0.5, 0.6) is 5.75 Å². The van der Waals surface area contributed by atoms with E-state index in [-0.39, 0.29) is 11.9 Å². The van der Waals surface area contributed by atoms with Crippen LogP contribution in [0, 0.1) is 6.92 Å². The first kappa shape index (κ1) is 16.6. The van der Waals surface area contributed by atoms with Gasteiger partial charge in [0.25, 0.3) is 5.91 Å². The lowest BCUT2D eigenvalue weighted by atomic mass is 10.0.